The molecule has 0 aliphatic heterocycles. The first-order valence-electron chi connectivity index (χ1n) is 8.01. The van der Waals surface area contributed by atoms with Crippen molar-refractivity contribution in [1.82, 2.24) is 5.32 Å². The van der Waals surface area contributed by atoms with E-state index in [9.17, 15) is 9.59 Å². The Kier molecular flexibility index (Phi) is 5.20. The van der Waals surface area contributed by atoms with Crippen LogP contribution in [0.1, 0.15) is 28.8 Å². The van der Waals surface area contributed by atoms with E-state index >= 15 is 0 Å². The van der Waals surface area contributed by atoms with Gasteiger partial charge in [0, 0.05) is 22.2 Å². The number of nitrogens with one attached hydrogen (secondary N) is 2. The number of aryl methyl sites for hydroxylation is 1. The summed E-state index contributed by atoms with van der Waals surface area (Å²) in [7, 11) is 0. The molecule has 2 N–H and O–H groups in total. The summed E-state index contributed by atoms with van der Waals surface area (Å²) < 4.78 is 0. The van der Waals surface area contributed by atoms with Crippen molar-refractivity contribution in [3.05, 3.63) is 59.7 Å². The summed E-state index contributed by atoms with van der Waals surface area (Å²) in [6.45, 7) is 2.03. The van der Waals surface area contributed by atoms with Crippen molar-refractivity contribution in [3.63, 3.8) is 0 Å². The van der Waals surface area contributed by atoms with E-state index in [-0.39, 0.29) is 11.8 Å². The van der Waals surface area contributed by atoms with Gasteiger partial charge in [0.15, 0.2) is 0 Å². The highest BCUT2D eigenvalue weighted by Crippen LogP contribution is 2.22. The molecule has 0 unspecified atom stereocenters. The van der Waals surface area contributed by atoms with Crippen LogP contribution < -0.4 is 10.6 Å². The highest BCUT2D eigenvalue weighted by molar-refractivity contribution is 8.00. The van der Waals surface area contributed by atoms with E-state index in [0.717, 1.165) is 23.3 Å². The van der Waals surface area contributed by atoms with Crippen LogP contribution in [0.15, 0.2) is 53.4 Å². The van der Waals surface area contributed by atoms with Gasteiger partial charge in [-0.3, -0.25) is 9.59 Å². The molecule has 1 aliphatic rings. The number of hydrogen-bond donors (Lipinski definition) is 2. The number of amides is 2. The molecule has 24 heavy (non-hydrogen) atoms. The third kappa shape index (κ3) is 4.61. The number of benzene rings is 2. The van der Waals surface area contributed by atoms with Gasteiger partial charge < -0.3 is 10.6 Å². The van der Waals surface area contributed by atoms with Crippen molar-refractivity contribution in [2.24, 2.45) is 0 Å². The van der Waals surface area contributed by atoms with Gasteiger partial charge in [0.2, 0.25) is 5.91 Å². The summed E-state index contributed by atoms with van der Waals surface area (Å²) in [5, 5.41) is 5.80. The Hall–Kier alpha value is -2.27. The summed E-state index contributed by atoms with van der Waals surface area (Å²) in [5.74, 6) is 0.175. The van der Waals surface area contributed by atoms with Crippen LogP contribution in [0, 0.1) is 6.92 Å². The third-order valence-corrected chi connectivity index (χ3v) is 4.95. The average Bonchev–Trinajstić information content (AvgIpc) is 3.38. The molecule has 2 aromatic carbocycles. The maximum absolute atomic E-state index is 12.1. The van der Waals surface area contributed by atoms with Crippen LogP contribution >= 0.6 is 11.8 Å². The van der Waals surface area contributed by atoms with Crippen molar-refractivity contribution >= 4 is 29.3 Å². The zero-order valence-electron chi connectivity index (χ0n) is 13.5. The second-order valence-corrected chi connectivity index (χ2v) is 6.95. The third-order valence-electron chi connectivity index (χ3n) is 3.77. The molecule has 2 amide bonds. The molecule has 1 aliphatic carbocycles. The lowest BCUT2D eigenvalue weighted by atomic mass is 10.2. The van der Waals surface area contributed by atoms with Gasteiger partial charge in [-0.15, -0.1) is 11.8 Å². The fourth-order valence-electron chi connectivity index (χ4n) is 2.29. The maximum atomic E-state index is 12.1. The molecule has 0 saturated heterocycles. The number of carbonyl (C=O) groups is 2. The largest absolute Gasteiger partial charge is 0.349 e. The number of anilines is 1. The molecule has 5 heteroatoms. The molecule has 0 heterocycles. The van der Waals surface area contributed by atoms with E-state index < -0.39 is 0 Å². The minimum absolute atomic E-state index is 0.0806. The van der Waals surface area contributed by atoms with Gasteiger partial charge >= 0.3 is 0 Å². The van der Waals surface area contributed by atoms with E-state index in [1.807, 2.05) is 31.2 Å². The van der Waals surface area contributed by atoms with E-state index in [2.05, 4.69) is 10.6 Å². The van der Waals surface area contributed by atoms with E-state index in [1.54, 1.807) is 24.3 Å². The summed E-state index contributed by atoms with van der Waals surface area (Å²) >= 11 is 1.51. The van der Waals surface area contributed by atoms with E-state index in [4.69, 9.17) is 0 Å². The Morgan fingerprint density at radius 3 is 2.67 bits per heavy atom. The fourth-order valence-corrected chi connectivity index (χ4v) is 3.12. The lowest BCUT2D eigenvalue weighted by Crippen LogP contribution is -2.25. The lowest BCUT2D eigenvalue weighted by molar-refractivity contribution is -0.113. The van der Waals surface area contributed by atoms with Gasteiger partial charge in [0.25, 0.3) is 5.91 Å². The molecule has 1 saturated carbocycles. The molecule has 4 nitrogen and oxygen atoms in total. The molecular formula is C19H20N2O2S. The molecule has 0 bridgehead atoms. The summed E-state index contributed by atoms with van der Waals surface area (Å²) in [6.07, 6.45) is 2.11. The highest BCUT2D eigenvalue weighted by atomic mass is 32.2. The molecule has 2 aromatic rings. The fraction of sp³-hybridized carbons (Fsp3) is 0.263. The maximum Gasteiger partial charge on any atom is 0.251 e. The monoisotopic (exact) mass is 340 g/mol. The number of rotatable bonds is 6. The van der Waals surface area contributed by atoms with E-state index in [1.165, 1.54) is 11.8 Å². The van der Waals surface area contributed by atoms with Crippen molar-refractivity contribution in [2.75, 3.05) is 11.1 Å². The van der Waals surface area contributed by atoms with E-state index in [0.29, 0.717) is 23.0 Å². The summed E-state index contributed by atoms with van der Waals surface area (Å²) in [5.41, 5.74) is 2.38. The highest BCUT2D eigenvalue weighted by Gasteiger charge is 2.23. The Morgan fingerprint density at radius 2 is 1.92 bits per heavy atom. The predicted molar refractivity (Wildman–Crippen MR) is 97.5 cm³/mol. The first-order valence-corrected chi connectivity index (χ1v) is 8.99. The van der Waals surface area contributed by atoms with Crippen LogP contribution in [0.4, 0.5) is 5.69 Å². The van der Waals surface area contributed by atoms with Crippen LogP contribution in [0.2, 0.25) is 0 Å². The average molecular weight is 340 g/mol. The molecule has 0 spiro atoms. The molecule has 1 fully saturated rings. The van der Waals surface area contributed by atoms with Crippen molar-refractivity contribution in [1.29, 1.82) is 0 Å². The standard InChI is InChI=1S/C19H20N2O2S/c1-13-5-2-3-8-17(13)24-12-18(22)20-16-7-4-6-14(11-16)19(23)21-15-9-10-15/h2-8,11,15H,9-10,12H2,1H3,(H,20,22)(H,21,23). The minimum atomic E-state index is -0.0807. The first kappa shape index (κ1) is 16.6. The Bertz CT molecular complexity index is 757. The van der Waals surface area contributed by atoms with Crippen molar-refractivity contribution in [2.45, 2.75) is 30.7 Å². The van der Waals surface area contributed by atoms with Gasteiger partial charge in [-0.05, 0) is 49.6 Å². The first-order chi connectivity index (χ1) is 11.6. The Morgan fingerprint density at radius 1 is 1.12 bits per heavy atom. The number of hydrogen-bond acceptors (Lipinski definition) is 3. The van der Waals surface area contributed by atoms with Gasteiger partial charge in [-0.25, -0.2) is 0 Å². The van der Waals surface area contributed by atoms with Crippen LogP contribution in [0.25, 0.3) is 0 Å². The zero-order chi connectivity index (χ0) is 16.9. The summed E-state index contributed by atoms with van der Waals surface area (Å²) in [6, 6.07) is 15.4. The lowest BCUT2D eigenvalue weighted by Gasteiger charge is -2.09. The number of thioether (sulfide) groups is 1. The second kappa shape index (κ2) is 7.53. The SMILES string of the molecule is Cc1ccccc1SCC(=O)Nc1cccc(C(=O)NC2CC2)c1. The van der Waals surface area contributed by atoms with Crippen LogP contribution in [0.3, 0.4) is 0 Å². The van der Waals surface area contributed by atoms with Gasteiger partial charge in [-0.2, -0.15) is 0 Å². The van der Waals surface area contributed by atoms with Gasteiger partial charge in [0.1, 0.15) is 0 Å². The predicted octanol–water partition coefficient (Wildman–Crippen LogP) is 3.62. The second-order valence-electron chi connectivity index (χ2n) is 5.93. The van der Waals surface area contributed by atoms with Gasteiger partial charge in [-0.1, -0.05) is 24.3 Å². The normalized spacial score (nSPS) is 13.4. The molecular weight excluding hydrogens is 320 g/mol. The molecule has 0 atom stereocenters. The molecule has 124 valence electrons. The Balaban J connectivity index is 1.56. The number of carbonyl (C=O) groups excluding carboxylic acids is 2. The van der Waals surface area contributed by atoms with Crippen molar-refractivity contribution < 1.29 is 9.59 Å². The van der Waals surface area contributed by atoms with Crippen LogP contribution in [0.5, 0.6) is 0 Å². The topological polar surface area (TPSA) is 58.2 Å². The van der Waals surface area contributed by atoms with Crippen LogP contribution in [-0.4, -0.2) is 23.6 Å². The van der Waals surface area contributed by atoms with Gasteiger partial charge in [0.05, 0.1) is 5.75 Å². The zero-order valence-corrected chi connectivity index (χ0v) is 14.4. The summed E-state index contributed by atoms with van der Waals surface area (Å²) in [4.78, 5) is 25.3. The molecule has 3 rings (SSSR count). The Labute approximate surface area is 146 Å². The molecule has 0 aromatic heterocycles. The quantitative estimate of drug-likeness (QED) is 0.790. The molecule has 0 radical (unpaired) electrons. The smallest absolute Gasteiger partial charge is 0.251 e. The van der Waals surface area contributed by atoms with Crippen molar-refractivity contribution in [3.8, 4) is 0 Å². The van der Waals surface area contributed by atoms with Crippen LogP contribution in [-0.2, 0) is 4.79 Å². The minimum Gasteiger partial charge on any atom is -0.349 e.